The van der Waals surface area contributed by atoms with Gasteiger partial charge in [-0.15, -0.1) is 11.3 Å². The average Bonchev–Trinajstić information content (AvgIpc) is 3.08. The van der Waals surface area contributed by atoms with Crippen molar-refractivity contribution in [1.82, 2.24) is 9.29 Å². The molecule has 1 atom stereocenters. The van der Waals surface area contributed by atoms with Crippen molar-refractivity contribution in [2.24, 2.45) is 0 Å². The summed E-state index contributed by atoms with van der Waals surface area (Å²) < 4.78 is 28.5. The smallest absolute Gasteiger partial charge is 0.243 e. The van der Waals surface area contributed by atoms with Crippen LogP contribution in [0, 0.1) is 6.92 Å². The van der Waals surface area contributed by atoms with Crippen molar-refractivity contribution < 1.29 is 13.2 Å². The number of benzene rings is 2. The van der Waals surface area contributed by atoms with Crippen LogP contribution in [-0.2, 0) is 14.8 Å². The van der Waals surface area contributed by atoms with Crippen molar-refractivity contribution in [3.63, 3.8) is 0 Å². The minimum Gasteiger partial charge on any atom is -0.325 e. The van der Waals surface area contributed by atoms with Gasteiger partial charge in [0.05, 0.1) is 20.1 Å². The molecule has 28 heavy (non-hydrogen) atoms. The highest BCUT2D eigenvalue weighted by atomic mass is 32.2. The summed E-state index contributed by atoms with van der Waals surface area (Å²) in [5.74, 6) is -0.292. The van der Waals surface area contributed by atoms with E-state index >= 15 is 0 Å². The van der Waals surface area contributed by atoms with Crippen LogP contribution in [0.25, 0.3) is 10.2 Å². The topological polar surface area (TPSA) is 79.4 Å². The second-order valence-corrected chi connectivity index (χ2v) is 9.97. The molecule has 146 valence electrons. The predicted molar refractivity (Wildman–Crippen MR) is 111 cm³/mol. The number of carbonyl (C=O) groups excluding carboxylic acids is 1. The molecule has 1 fully saturated rings. The van der Waals surface area contributed by atoms with Gasteiger partial charge in [-0.3, -0.25) is 4.79 Å². The Kier molecular flexibility index (Phi) is 5.18. The first-order valence-corrected chi connectivity index (χ1v) is 11.5. The molecule has 1 saturated heterocycles. The highest BCUT2D eigenvalue weighted by molar-refractivity contribution is 7.89. The van der Waals surface area contributed by atoms with Crippen LogP contribution in [0.15, 0.2) is 53.4 Å². The predicted octanol–water partition coefficient (Wildman–Crippen LogP) is 3.79. The van der Waals surface area contributed by atoms with E-state index in [2.05, 4.69) is 10.3 Å². The summed E-state index contributed by atoms with van der Waals surface area (Å²) in [6.45, 7) is 2.29. The van der Waals surface area contributed by atoms with E-state index in [0.29, 0.717) is 18.7 Å². The van der Waals surface area contributed by atoms with Gasteiger partial charge >= 0.3 is 0 Å². The standard InChI is InChI=1S/C20H21N3O3S2/c1-14-21-17-11-10-15(13-19(17)27-14)22-20(24)18-9-5-6-12-23(18)28(25,26)16-7-3-2-4-8-16/h2-4,7-8,10-11,13,18H,5-6,9,12H2,1H3,(H,22,24)/t18-/m1/s1. The molecular weight excluding hydrogens is 394 g/mol. The van der Waals surface area contributed by atoms with E-state index in [1.165, 1.54) is 4.31 Å². The van der Waals surface area contributed by atoms with Crippen LogP contribution in [0.1, 0.15) is 24.3 Å². The number of fused-ring (bicyclic) bond motifs is 1. The van der Waals surface area contributed by atoms with Crippen LogP contribution >= 0.6 is 11.3 Å². The molecule has 2 heterocycles. The van der Waals surface area contributed by atoms with Crippen LogP contribution in [0.5, 0.6) is 0 Å². The lowest BCUT2D eigenvalue weighted by Crippen LogP contribution is -2.49. The first-order valence-electron chi connectivity index (χ1n) is 9.20. The second kappa shape index (κ2) is 7.62. The Labute approximate surface area is 168 Å². The van der Waals surface area contributed by atoms with Gasteiger partial charge in [-0.2, -0.15) is 4.31 Å². The summed E-state index contributed by atoms with van der Waals surface area (Å²) >= 11 is 1.56. The van der Waals surface area contributed by atoms with Gasteiger partial charge in [0.2, 0.25) is 15.9 Å². The lowest BCUT2D eigenvalue weighted by molar-refractivity contribution is -0.120. The molecule has 0 spiro atoms. The number of nitrogens with zero attached hydrogens (tertiary/aromatic N) is 2. The van der Waals surface area contributed by atoms with Crippen molar-refractivity contribution in [3.05, 3.63) is 53.5 Å². The van der Waals surface area contributed by atoms with Gasteiger partial charge in [0.25, 0.3) is 0 Å². The third kappa shape index (κ3) is 3.67. The van der Waals surface area contributed by atoms with Crippen molar-refractivity contribution in [2.75, 3.05) is 11.9 Å². The lowest BCUT2D eigenvalue weighted by Gasteiger charge is -2.33. The van der Waals surface area contributed by atoms with E-state index in [9.17, 15) is 13.2 Å². The number of rotatable bonds is 4. The average molecular weight is 416 g/mol. The molecule has 0 unspecified atom stereocenters. The first-order chi connectivity index (χ1) is 13.4. The second-order valence-electron chi connectivity index (χ2n) is 6.85. The number of carbonyl (C=O) groups is 1. The van der Waals surface area contributed by atoms with Crippen molar-refractivity contribution >= 4 is 43.2 Å². The molecule has 1 aromatic heterocycles. The van der Waals surface area contributed by atoms with Crippen molar-refractivity contribution in [3.8, 4) is 0 Å². The molecule has 2 aromatic carbocycles. The zero-order chi connectivity index (χ0) is 19.7. The molecular formula is C20H21N3O3S2. The molecule has 1 N–H and O–H groups in total. The Morgan fingerprint density at radius 3 is 2.75 bits per heavy atom. The molecule has 4 rings (SSSR count). The molecule has 1 aliphatic rings. The summed E-state index contributed by atoms with van der Waals surface area (Å²) in [6.07, 6.45) is 2.09. The van der Waals surface area contributed by atoms with Crippen molar-refractivity contribution in [1.29, 1.82) is 0 Å². The Morgan fingerprint density at radius 2 is 1.96 bits per heavy atom. The number of nitrogens with one attached hydrogen (secondary N) is 1. The molecule has 1 amide bonds. The van der Waals surface area contributed by atoms with E-state index in [0.717, 1.165) is 28.1 Å². The molecule has 1 aliphatic heterocycles. The summed E-state index contributed by atoms with van der Waals surface area (Å²) in [5, 5.41) is 3.86. The fraction of sp³-hybridized carbons (Fsp3) is 0.300. The monoisotopic (exact) mass is 415 g/mol. The Bertz CT molecular complexity index is 1110. The lowest BCUT2D eigenvalue weighted by atomic mass is 10.0. The van der Waals surface area contributed by atoms with Gasteiger partial charge in [0.1, 0.15) is 6.04 Å². The number of piperidine rings is 1. The van der Waals surface area contributed by atoms with E-state index in [4.69, 9.17) is 0 Å². The number of aromatic nitrogens is 1. The Morgan fingerprint density at radius 1 is 1.18 bits per heavy atom. The molecule has 0 radical (unpaired) electrons. The molecule has 3 aromatic rings. The number of anilines is 1. The van der Waals surface area contributed by atoms with Crippen molar-refractivity contribution in [2.45, 2.75) is 37.1 Å². The molecule has 0 saturated carbocycles. The summed E-state index contributed by atoms with van der Waals surface area (Å²) in [7, 11) is -3.72. The fourth-order valence-electron chi connectivity index (χ4n) is 3.53. The number of aryl methyl sites for hydroxylation is 1. The highest BCUT2D eigenvalue weighted by Gasteiger charge is 2.37. The Balaban J connectivity index is 1.59. The maximum absolute atomic E-state index is 13.1. The number of hydrogen-bond acceptors (Lipinski definition) is 5. The molecule has 0 bridgehead atoms. The number of thiazole rings is 1. The highest BCUT2D eigenvalue weighted by Crippen LogP contribution is 2.28. The fourth-order valence-corrected chi connectivity index (χ4v) is 6.07. The minimum absolute atomic E-state index is 0.219. The third-order valence-electron chi connectivity index (χ3n) is 4.87. The molecule has 6 nitrogen and oxygen atoms in total. The number of sulfonamides is 1. The zero-order valence-electron chi connectivity index (χ0n) is 15.5. The quantitative estimate of drug-likeness (QED) is 0.703. The van der Waals surface area contributed by atoms with Crippen LogP contribution in [0.4, 0.5) is 5.69 Å². The normalized spacial score (nSPS) is 18.2. The summed E-state index contributed by atoms with van der Waals surface area (Å²) in [6, 6.07) is 13.1. The van der Waals surface area contributed by atoms with Crippen LogP contribution in [0.2, 0.25) is 0 Å². The number of amides is 1. The van der Waals surface area contributed by atoms with Gasteiger partial charge in [-0.25, -0.2) is 13.4 Å². The van der Waals surface area contributed by atoms with Gasteiger partial charge < -0.3 is 5.32 Å². The van der Waals surface area contributed by atoms with E-state index in [1.54, 1.807) is 47.7 Å². The van der Waals surface area contributed by atoms with E-state index < -0.39 is 16.1 Å². The Hall–Kier alpha value is -2.29. The van der Waals surface area contributed by atoms with Crippen LogP contribution < -0.4 is 5.32 Å². The number of hydrogen-bond donors (Lipinski definition) is 1. The minimum atomic E-state index is -3.72. The largest absolute Gasteiger partial charge is 0.325 e. The van der Waals surface area contributed by atoms with Gasteiger partial charge in [0.15, 0.2) is 0 Å². The van der Waals surface area contributed by atoms with E-state index in [-0.39, 0.29) is 10.8 Å². The SMILES string of the molecule is Cc1nc2ccc(NC(=O)[C@H]3CCCCN3S(=O)(=O)c3ccccc3)cc2s1. The first kappa shape index (κ1) is 19.0. The zero-order valence-corrected chi connectivity index (χ0v) is 17.1. The molecule has 0 aliphatic carbocycles. The van der Waals surface area contributed by atoms with Crippen LogP contribution in [0.3, 0.4) is 0 Å². The summed E-state index contributed by atoms with van der Waals surface area (Å²) in [4.78, 5) is 17.6. The summed E-state index contributed by atoms with van der Waals surface area (Å²) in [5.41, 5.74) is 1.55. The maximum atomic E-state index is 13.1. The van der Waals surface area contributed by atoms with Gasteiger partial charge in [-0.05, 0) is 50.1 Å². The maximum Gasteiger partial charge on any atom is 0.243 e. The van der Waals surface area contributed by atoms with Gasteiger partial charge in [0, 0.05) is 12.2 Å². The molecule has 8 heteroatoms. The van der Waals surface area contributed by atoms with Gasteiger partial charge in [-0.1, -0.05) is 24.6 Å². The van der Waals surface area contributed by atoms with Crippen LogP contribution in [-0.4, -0.2) is 36.2 Å². The third-order valence-corrected chi connectivity index (χ3v) is 7.73. The van der Waals surface area contributed by atoms with E-state index in [1.807, 2.05) is 19.1 Å².